The third kappa shape index (κ3) is 3.11. The van der Waals surface area contributed by atoms with E-state index >= 15 is 0 Å². The first-order valence-electron chi connectivity index (χ1n) is 7.18. The van der Waals surface area contributed by atoms with Crippen molar-refractivity contribution in [3.63, 3.8) is 0 Å². The molecule has 0 saturated carbocycles. The molecular weight excluding hydrogens is 294 g/mol. The number of anilines is 2. The highest BCUT2D eigenvalue weighted by Crippen LogP contribution is 2.25. The van der Waals surface area contributed by atoms with Gasteiger partial charge in [0.1, 0.15) is 0 Å². The van der Waals surface area contributed by atoms with Crippen molar-refractivity contribution in [1.82, 2.24) is 4.90 Å². The lowest BCUT2D eigenvalue weighted by Gasteiger charge is -2.16. The summed E-state index contributed by atoms with van der Waals surface area (Å²) in [6.07, 6.45) is 0. The van der Waals surface area contributed by atoms with Gasteiger partial charge in [-0.05, 0) is 47.5 Å². The second-order valence-corrected chi connectivity index (χ2v) is 5.38. The average molecular weight is 311 g/mol. The summed E-state index contributed by atoms with van der Waals surface area (Å²) in [4.78, 5) is 25.6. The maximum Gasteiger partial charge on any atom is 0.337 e. The number of rotatable bonds is 2. The maximum absolute atomic E-state index is 12.3. The van der Waals surface area contributed by atoms with E-state index in [1.807, 2.05) is 6.07 Å². The lowest BCUT2D eigenvalue weighted by Crippen LogP contribution is -2.30. The number of carbonyl (C=O) groups excluding carboxylic acids is 2. The highest BCUT2D eigenvalue weighted by atomic mass is 16.5. The summed E-state index contributed by atoms with van der Waals surface area (Å²) >= 11 is 0. The molecule has 0 bridgehead atoms. The van der Waals surface area contributed by atoms with Crippen molar-refractivity contribution in [2.24, 2.45) is 0 Å². The van der Waals surface area contributed by atoms with E-state index in [-0.39, 0.29) is 12.0 Å². The molecule has 0 atom stereocenters. The molecule has 2 amide bonds. The molecule has 0 radical (unpaired) electrons. The van der Waals surface area contributed by atoms with Crippen molar-refractivity contribution in [3.8, 4) is 0 Å². The molecular formula is C17H17N3O3. The highest BCUT2D eigenvalue weighted by Gasteiger charge is 2.24. The van der Waals surface area contributed by atoms with Crippen LogP contribution in [0.25, 0.3) is 0 Å². The van der Waals surface area contributed by atoms with E-state index < -0.39 is 0 Å². The molecule has 6 heteroatoms. The number of carbonyl (C=O) groups is 2. The highest BCUT2D eigenvalue weighted by molar-refractivity contribution is 5.91. The van der Waals surface area contributed by atoms with Crippen LogP contribution >= 0.6 is 0 Å². The number of methoxy groups -OCH3 is 1. The predicted molar refractivity (Wildman–Crippen MR) is 86.9 cm³/mol. The third-order valence-corrected chi connectivity index (χ3v) is 3.80. The van der Waals surface area contributed by atoms with E-state index in [0.717, 1.165) is 11.1 Å². The number of hydrogen-bond donors (Lipinski definition) is 2. The van der Waals surface area contributed by atoms with Gasteiger partial charge in [0.25, 0.3) is 0 Å². The van der Waals surface area contributed by atoms with Gasteiger partial charge in [0, 0.05) is 24.5 Å². The van der Waals surface area contributed by atoms with Gasteiger partial charge in [-0.2, -0.15) is 0 Å². The van der Waals surface area contributed by atoms with Gasteiger partial charge in [0.15, 0.2) is 0 Å². The first-order chi connectivity index (χ1) is 11.1. The number of nitrogens with two attached hydrogens (primary N) is 1. The minimum atomic E-state index is -0.377. The standard InChI is InChI=1S/C17H17N3O3/c1-23-16(21)11-2-3-12-9-20(10-13(12)8-11)17(22)19-15-6-4-14(18)5-7-15/h2-8H,9-10,18H2,1H3,(H,19,22). The van der Waals surface area contributed by atoms with Gasteiger partial charge in [-0.15, -0.1) is 0 Å². The second kappa shape index (κ2) is 6.00. The second-order valence-electron chi connectivity index (χ2n) is 5.38. The number of nitrogens with one attached hydrogen (secondary N) is 1. The van der Waals surface area contributed by atoms with Gasteiger partial charge >= 0.3 is 12.0 Å². The molecule has 1 heterocycles. The largest absolute Gasteiger partial charge is 0.465 e. The molecule has 6 nitrogen and oxygen atoms in total. The number of nitrogen functional groups attached to an aromatic ring is 1. The van der Waals surface area contributed by atoms with Crippen molar-refractivity contribution < 1.29 is 14.3 Å². The zero-order valence-electron chi connectivity index (χ0n) is 12.7. The Hall–Kier alpha value is -3.02. The Balaban J connectivity index is 1.70. The van der Waals surface area contributed by atoms with Crippen LogP contribution in [0.5, 0.6) is 0 Å². The normalized spacial score (nSPS) is 12.7. The number of hydrogen-bond acceptors (Lipinski definition) is 4. The van der Waals surface area contributed by atoms with Gasteiger partial charge in [0.2, 0.25) is 0 Å². The minimum Gasteiger partial charge on any atom is -0.465 e. The topological polar surface area (TPSA) is 84.7 Å². The Bertz CT molecular complexity index is 756. The molecule has 1 aliphatic heterocycles. The van der Waals surface area contributed by atoms with Crippen molar-refractivity contribution in [3.05, 3.63) is 59.2 Å². The Kier molecular flexibility index (Phi) is 3.89. The quantitative estimate of drug-likeness (QED) is 0.659. The molecule has 118 valence electrons. The summed E-state index contributed by atoms with van der Waals surface area (Å²) in [6, 6.07) is 12.1. The van der Waals surface area contributed by atoms with E-state index in [1.54, 1.807) is 41.3 Å². The minimum absolute atomic E-state index is 0.189. The summed E-state index contributed by atoms with van der Waals surface area (Å²) in [6.45, 7) is 0.971. The van der Waals surface area contributed by atoms with Crippen LogP contribution in [0.2, 0.25) is 0 Å². The fourth-order valence-corrected chi connectivity index (χ4v) is 2.55. The Labute approximate surface area is 133 Å². The van der Waals surface area contributed by atoms with Gasteiger partial charge in [0.05, 0.1) is 12.7 Å². The number of fused-ring (bicyclic) bond motifs is 1. The van der Waals surface area contributed by atoms with Crippen LogP contribution in [0.15, 0.2) is 42.5 Å². The molecule has 3 N–H and O–H groups in total. The monoisotopic (exact) mass is 311 g/mol. The molecule has 0 spiro atoms. The molecule has 23 heavy (non-hydrogen) atoms. The zero-order valence-corrected chi connectivity index (χ0v) is 12.7. The average Bonchev–Trinajstić information content (AvgIpc) is 2.99. The summed E-state index contributed by atoms with van der Waals surface area (Å²) in [5, 5.41) is 2.83. The zero-order chi connectivity index (χ0) is 16.4. The fourth-order valence-electron chi connectivity index (χ4n) is 2.55. The van der Waals surface area contributed by atoms with Crippen LogP contribution in [0.4, 0.5) is 16.2 Å². The van der Waals surface area contributed by atoms with Gasteiger partial charge < -0.3 is 20.7 Å². The summed E-state index contributed by atoms with van der Waals surface area (Å²) in [7, 11) is 1.35. The molecule has 3 rings (SSSR count). The Morgan fingerprint density at radius 2 is 1.78 bits per heavy atom. The number of esters is 1. The first-order valence-corrected chi connectivity index (χ1v) is 7.18. The Morgan fingerprint density at radius 3 is 2.48 bits per heavy atom. The number of amides is 2. The summed E-state index contributed by atoms with van der Waals surface area (Å²) in [5.74, 6) is -0.377. The fraction of sp³-hybridized carbons (Fsp3) is 0.176. The van der Waals surface area contributed by atoms with E-state index in [0.29, 0.717) is 30.0 Å². The number of nitrogens with zero attached hydrogens (tertiary/aromatic N) is 1. The van der Waals surface area contributed by atoms with Crippen molar-refractivity contribution in [2.45, 2.75) is 13.1 Å². The lowest BCUT2D eigenvalue weighted by atomic mass is 10.1. The van der Waals surface area contributed by atoms with E-state index in [2.05, 4.69) is 5.32 Å². The van der Waals surface area contributed by atoms with Crippen LogP contribution < -0.4 is 11.1 Å². The van der Waals surface area contributed by atoms with E-state index in [4.69, 9.17) is 10.5 Å². The SMILES string of the molecule is COC(=O)c1ccc2c(c1)CN(C(=O)Nc1ccc(N)cc1)C2. The third-order valence-electron chi connectivity index (χ3n) is 3.80. The molecule has 0 unspecified atom stereocenters. The lowest BCUT2D eigenvalue weighted by molar-refractivity contribution is 0.0600. The van der Waals surface area contributed by atoms with Gasteiger partial charge in [-0.3, -0.25) is 0 Å². The molecule has 0 saturated heterocycles. The van der Waals surface area contributed by atoms with Crippen LogP contribution in [0, 0.1) is 0 Å². The molecule has 0 aliphatic carbocycles. The van der Waals surface area contributed by atoms with Crippen molar-refractivity contribution >= 4 is 23.4 Å². The van der Waals surface area contributed by atoms with Gasteiger partial charge in [-0.25, -0.2) is 9.59 Å². The first kappa shape index (κ1) is 14.9. The molecule has 0 fully saturated rings. The van der Waals surface area contributed by atoms with Crippen molar-refractivity contribution in [1.29, 1.82) is 0 Å². The predicted octanol–water partition coefficient (Wildman–Crippen LogP) is 2.60. The molecule has 2 aromatic carbocycles. The van der Waals surface area contributed by atoms with Crippen LogP contribution in [-0.4, -0.2) is 24.0 Å². The van der Waals surface area contributed by atoms with Gasteiger partial charge in [-0.1, -0.05) is 6.07 Å². The summed E-state index contributed by atoms with van der Waals surface area (Å²) in [5.41, 5.74) is 9.45. The maximum atomic E-state index is 12.3. The van der Waals surface area contributed by atoms with Crippen LogP contribution in [0.3, 0.4) is 0 Å². The molecule has 1 aliphatic rings. The smallest absolute Gasteiger partial charge is 0.337 e. The number of benzene rings is 2. The molecule has 2 aromatic rings. The van der Waals surface area contributed by atoms with E-state index in [1.165, 1.54) is 7.11 Å². The number of ether oxygens (including phenoxy) is 1. The summed E-state index contributed by atoms with van der Waals surface area (Å²) < 4.78 is 4.72. The van der Waals surface area contributed by atoms with Crippen molar-refractivity contribution in [2.75, 3.05) is 18.2 Å². The van der Waals surface area contributed by atoms with Crippen LogP contribution in [-0.2, 0) is 17.8 Å². The molecule has 0 aromatic heterocycles. The number of urea groups is 1. The van der Waals surface area contributed by atoms with Crippen LogP contribution in [0.1, 0.15) is 21.5 Å². The van der Waals surface area contributed by atoms with E-state index in [9.17, 15) is 9.59 Å². The Morgan fingerprint density at radius 1 is 1.09 bits per heavy atom.